The van der Waals surface area contributed by atoms with Gasteiger partial charge in [0.2, 0.25) is 0 Å². The first-order valence-electron chi connectivity index (χ1n) is 4.86. The second-order valence-electron chi connectivity index (χ2n) is 3.45. The molecule has 0 bridgehead atoms. The van der Waals surface area contributed by atoms with Gasteiger partial charge in [0.25, 0.3) is 11.8 Å². The standard InChI is InChI=1S/C10H13NO4/c1-2-3-4-6(10(14)15)7-5-8(12)11-9(7)13/h5-6H,2-4H2,1H3,(H,14,15)(H,11,12,13). The Bertz CT molecular complexity index is 332. The van der Waals surface area contributed by atoms with Crippen molar-refractivity contribution in [1.29, 1.82) is 0 Å². The molecule has 0 spiro atoms. The van der Waals surface area contributed by atoms with Crippen LogP contribution in [-0.2, 0) is 14.4 Å². The Hall–Kier alpha value is -1.65. The van der Waals surface area contributed by atoms with Gasteiger partial charge in [-0.15, -0.1) is 0 Å². The molecule has 0 radical (unpaired) electrons. The van der Waals surface area contributed by atoms with Gasteiger partial charge in [-0.2, -0.15) is 0 Å². The number of hydrogen-bond acceptors (Lipinski definition) is 3. The van der Waals surface area contributed by atoms with E-state index in [0.29, 0.717) is 6.42 Å². The molecule has 1 rings (SSSR count). The molecule has 1 atom stereocenters. The van der Waals surface area contributed by atoms with Gasteiger partial charge in [-0.1, -0.05) is 19.8 Å². The van der Waals surface area contributed by atoms with E-state index in [1.54, 1.807) is 0 Å². The van der Waals surface area contributed by atoms with Crippen molar-refractivity contribution < 1.29 is 19.5 Å². The summed E-state index contributed by atoms with van der Waals surface area (Å²) in [4.78, 5) is 33.0. The van der Waals surface area contributed by atoms with Crippen LogP contribution in [0.4, 0.5) is 0 Å². The topological polar surface area (TPSA) is 83.5 Å². The minimum Gasteiger partial charge on any atom is -0.481 e. The van der Waals surface area contributed by atoms with E-state index >= 15 is 0 Å². The van der Waals surface area contributed by atoms with E-state index in [-0.39, 0.29) is 5.57 Å². The Morgan fingerprint density at radius 1 is 1.53 bits per heavy atom. The lowest BCUT2D eigenvalue weighted by atomic mass is 9.93. The van der Waals surface area contributed by atoms with E-state index in [0.717, 1.165) is 18.9 Å². The lowest BCUT2D eigenvalue weighted by molar-refractivity contribution is -0.141. The molecule has 2 N–H and O–H groups in total. The van der Waals surface area contributed by atoms with Crippen LogP contribution in [0, 0.1) is 5.92 Å². The van der Waals surface area contributed by atoms with E-state index in [2.05, 4.69) is 0 Å². The summed E-state index contributed by atoms with van der Waals surface area (Å²) in [5, 5.41) is 11.0. The Kier molecular flexibility index (Phi) is 3.60. The lowest BCUT2D eigenvalue weighted by Crippen LogP contribution is -2.27. The van der Waals surface area contributed by atoms with Crippen LogP contribution in [0.5, 0.6) is 0 Å². The average molecular weight is 211 g/mol. The van der Waals surface area contributed by atoms with E-state index in [1.807, 2.05) is 12.2 Å². The van der Waals surface area contributed by atoms with Crippen molar-refractivity contribution in [1.82, 2.24) is 5.32 Å². The van der Waals surface area contributed by atoms with Gasteiger partial charge in [-0.3, -0.25) is 19.7 Å². The first-order chi connectivity index (χ1) is 7.06. The number of aliphatic carboxylic acids is 1. The molecule has 2 amide bonds. The van der Waals surface area contributed by atoms with Crippen molar-refractivity contribution in [3.8, 4) is 0 Å². The Labute approximate surface area is 87.2 Å². The third-order valence-corrected chi connectivity index (χ3v) is 2.31. The highest BCUT2D eigenvalue weighted by Gasteiger charge is 2.31. The highest BCUT2D eigenvalue weighted by molar-refractivity contribution is 6.18. The molecule has 15 heavy (non-hydrogen) atoms. The molecule has 0 aromatic heterocycles. The van der Waals surface area contributed by atoms with Gasteiger partial charge in [-0.25, -0.2) is 0 Å². The fourth-order valence-corrected chi connectivity index (χ4v) is 1.51. The summed E-state index contributed by atoms with van der Waals surface area (Å²) >= 11 is 0. The molecule has 1 aliphatic rings. The van der Waals surface area contributed by atoms with Gasteiger partial charge in [-0.05, 0) is 6.42 Å². The number of carboxylic acids is 1. The van der Waals surface area contributed by atoms with E-state index in [9.17, 15) is 14.4 Å². The molecule has 0 aromatic rings. The summed E-state index contributed by atoms with van der Waals surface area (Å²) in [5.74, 6) is -3.03. The van der Waals surface area contributed by atoms with Crippen LogP contribution in [0.15, 0.2) is 11.6 Å². The van der Waals surface area contributed by atoms with Crippen LogP contribution < -0.4 is 5.32 Å². The maximum absolute atomic E-state index is 11.2. The number of unbranched alkanes of at least 4 members (excludes halogenated alkanes) is 1. The van der Waals surface area contributed by atoms with Crippen LogP contribution in [0.2, 0.25) is 0 Å². The molecule has 0 aliphatic carbocycles. The van der Waals surface area contributed by atoms with Crippen molar-refractivity contribution >= 4 is 17.8 Å². The van der Waals surface area contributed by atoms with E-state index in [4.69, 9.17) is 5.11 Å². The summed E-state index contributed by atoms with van der Waals surface area (Å²) in [5.41, 5.74) is 0.0703. The maximum Gasteiger partial charge on any atom is 0.311 e. The quantitative estimate of drug-likeness (QED) is 0.647. The molecule has 5 nitrogen and oxygen atoms in total. The summed E-state index contributed by atoms with van der Waals surface area (Å²) in [6.45, 7) is 1.94. The molecule has 0 aromatic carbocycles. The first kappa shape index (κ1) is 11.4. The number of amides is 2. The number of rotatable bonds is 5. The number of nitrogens with one attached hydrogen (secondary N) is 1. The third kappa shape index (κ3) is 2.65. The average Bonchev–Trinajstić information content (AvgIpc) is 2.46. The summed E-state index contributed by atoms with van der Waals surface area (Å²) in [6.07, 6.45) is 3.04. The fourth-order valence-electron chi connectivity index (χ4n) is 1.51. The van der Waals surface area contributed by atoms with Crippen molar-refractivity contribution in [2.75, 3.05) is 0 Å². The van der Waals surface area contributed by atoms with Crippen LogP contribution in [0.25, 0.3) is 0 Å². The molecular formula is C10H13NO4. The molecule has 0 saturated heterocycles. The molecule has 0 fully saturated rings. The van der Waals surface area contributed by atoms with Crippen LogP contribution in [-0.4, -0.2) is 22.9 Å². The monoisotopic (exact) mass is 211 g/mol. The van der Waals surface area contributed by atoms with E-state index < -0.39 is 23.7 Å². The highest BCUT2D eigenvalue weighted by atomic mass is 16.4. The van der Waals surface area contributed by atoms with Crippen LogP contribution in [0.3, 0.4) is 0 Å². The minimum absolute atomic E-state index is 0.0703. The third-order valence-electron chi connectivity index (χ3n) is 2.31. The predicted octanol–water partition coefficient (Wildman–Crippen LogP) is 0.460. The molecule has 1 unspecified atom stereocenters. The van der Waals surface area contributed by atoms with Gasteiger partial charge in [0.05, 0.1) is 5.92 Å². The Morgan fingerprint density at radius 3 is 2.60 bits per heavy atom. The van der Waals surface area contributed by atoms with Gasteiger partial charge < -0.3 is 5.11 Å². The van der Waals surface area contributed by atoms with Crippen molar-refractivity contribution in [3.05, 3.63) is 11.6 Å². The SMILES string of the molecule is CCCCC(C(=O)O)C1=CC(=O)NC1=O. The van der Waals surface area contributed by atoms with Crippen LogP contribution >= 0.6 is 0 Å². The predicted molar refractivity (Wildman–Crippen MR) is 51.9 cm³/mol. The zero-order valence-electron chi connectivity index (χ0n) is 8.45. The lowest BCUT2D eigenvalue weighted by Gasteiger charge is -2.10. The van der Waals surface area contributed by atoms with Gasteiger partial charge >= 0.3 is 5.97 Å². The zero-order chi connectivity index (χ0) is 11.4. The Balaban J connectivity index is 2.80. The van der Waals surface area contributed by atoms with Crippen molar-refractivity contribution in [3.63, 3.8) is 0 Å². The molecule has 82 valence electrons. The Morgan fingerprint density at radius 2 is 2.20 bits per heavy atom. The minimum atomic E-state index is -1.06. The number of hydrogen-bond donors (Lipinski definition) is 2. The maximum atomic E-state index is 11.2. The number of carboxylic acid groups (broad SMARTS) is 1. The second-order valence-corrected chi connectivity index (χ2v) is 3.45. The van der Waals surface area contributed by atoms with Gasteiger partial charge in [0.1, 0.15) is 0 Å². The molecule has 1 aliphatic heterocycles. The zero-order valence-corrected chi connectivity index (χ0v) is 8.45. The molecular weight excluding hydrogens is 198 g/mol. The van der Waals surface area contributed by atoms with Crippen molar-refractivity contribution in [2.24, 2.45) is 5.92 Å². The number of carbonyl (C=O) groups excluding carboxylic acids is 2. The molecule has 5 heteroatoms. The molecule has 0 saturated carbocycles. The highest BCUT2D eigenvalue weighted by Crippen LogP contribution is 2.21. The van der Waals surface area contributed by atoms with Crippen LogP contribution in [0.1, 0.15) is 26.2 Å². The van der Waals surface area contributed by atoms with Crippen molar-refractivity contribution in [2.45, 2.75) is 26.2 Å². The van der Waals surface area contributed by atoms with E-state index in [1.165, 1.54) is 0 Å². The summed E-state index contributed by atoms with van der Waals surface area (Å²) in [7, 11) is 0. The van der Waals surface area contributed by atoms with Gasteiger partial charge in [0, 0.05) is 11.6 Å². The summed E-state index contributed by atoms with van der Waals surface area (Å²) < 4.78 is 0. The first-order valence-corrected chi connectivity index (χ1v) is 4.86. The normalized spacial score (nSPS) is 17.3. The second kappa shape index (κ2) is 4.72. The molecule has 1 heterocycles. The number of carbonyl (C=O) groups is 3. The largest absolute Gasteiger partial charge is 0.481 e. The smallest absolute Gasteiger partial charge is 0.311 e. The number of imide groups is 1. The fraction of sp³-hybridized carbons (Fsp3) is 0.500. The van der Waals surface area contributed by atoms with Gasteiger partial charge in [0.15, 0.2) is 0 Å². The summed E-state index contributed by atoms with van der Waals surface area (Å²) in [6, 6.07) is 0.